The van der Waals surface area contributed by atoms with Gasteiger partial charge in [-0.3, -0.25) is 0 Å². The Labute approximate surface area is 108 Å². The molecule has 0 bridgehead atoms. The predicted molar refractivity (Wildman–Crippen MR) is 71.4 cm³/mol. The van der Waals surface area contributed by atoms with Crippen LogP contribution in [0.4, 0.5) is 10.1 Å². The number of anilines is 1. The topological polar surface area (TPSA) is 26.7 Å². The molecule has 1 aliphatic rings. The highest BCUT2D eigenvalue weighted by Crippen LogP contribution is 2.26. The van der Waals surface area contributed by atoms with Gasteiger partial charge in [0.25, 0.3) is 0 Å². The molecule has 1 fully saturated rings. The summed E-state index contributed by atoms with van der Waals surface area (Å²) in [6.45, 7) is 6.92. The van der Waals surface area contributed by atoms with E-state index in [1.807, 2.05) is 0 Å². The monoisotopic (exact) mass is 252 g/mol. The molecule has 4 heteroatoms. The predicted octanol–water partition coefficient (Wildman–Crippen LogP) is 1.80. The summed E-state index contributed by atoms with van der Waals surface area (Å²) in [5, 5.41) is 9.86. The van der Waals surface area contributed by atoms with E-state index in [1.165, 1.54) is 6.07 Å². The number of benzene rings is 1. The van der Waals surface area contributed by atoms with Crippen molar-refractivity contribution in [3.05, 3.63) is 29.6 Å². The number of piperazine rings is 1. The highest BCUT2D eigenvalue weighted by atomic mass is 19.1. The van der Waals surface area contributed by atoms with E-state index in [-0.39, 0.29) is 5.82 Å². The Hall–Kier alpha value is -1.13. The second-order valence-electron chi connectivity index (χ2n) is 5.52. The molecule has 2 rings (SSSR count). The SMILES string of the molecule is CN1CCN(c2ccc(C(C)(C)O)cc2F)CC1. The summed E-state index contributed by atoms with van der Waals surface area (Å²) >= 11 is 0. The van der Waals surface area contributed by atoms with Crippen LogP contribution in [-0.4, -0.2) is 43.2 Å². The largest absolute Gasteiger partial charge is 0.386 e. The van der Waals surface area contributed by atoms with Crippen molar-refractivity contribution in [3.8, 4) is 0 Å². The third kappa shape index (κ3) is 2.82. The van der Waals surface area contributed by atoms with E-state index >= 15 is 0 Å². The quantitative estimate of drug-likeness (QED) is 0.869. The molecule has 0 spiro atoms. The smallest absolute Gasteiger partial charge is 0.146 e. The second-order valence-corrected chi connectivity index (χ2v) is 5.52. The molecule has 100 valence electrons. The molecule has 1 heterocycles. The molecular weight excluding hydrogens is 231 g/mol. The summed E-state index contributed by atoms with van der Waals surface area (Å²) in [5.41, 5.74) is 0.246. The van der Waals surface area contributed by atoms with Crippen molar-refractivity contribution in [2.24, 2.45) is 0 Å². The van der Waals surface area contributed by atoms with Crippen LogP contribution in [0.5, 0.6) is 0 Å². The zero-order valence-corrected chi connectivity index (χ0v) is 11.3. The van der Waals surface area contributed by atoms with Crippen molar-refractivity contribution < 1.29 is 9.50 Å². The Morgan fingerprint density at radius 2 is 1.78 bits per heavy atom. The molecule has 1 aliphatic heterocycles. The van der Waals surface area contributed by atoms with Crippen LogP contribution in [0.2, 0.25) is 0 Å². The summed E-state index contributed by atoms with van der Waals surface area (Å²) < 4.78 is 14.1. The lowest BCUT2D eigenvalue weighted by Gasteiger charge is -2.34. The van der Waals surface area contributed by atoms with Crippen molar-refractivity contribution >= 4 is 5.69 Å². The van der Waals surface area contributed by atoms with Gasteiger partial charge in [-0.2, -0.15) is 0 Å². The molecule has 18 heavy (non-hydrogen) atoms. The van der Waals surface area contributed by atoms with E-state index < -0.39 is 5.60 Å². The molecule has 0 atom stereocenters. The van der Waals surface area contributed by atoms with Crippen LogP contribution in [0.3, 0.4) is 0 Å². The highest BCUT2D eigenvalue weighted by Gasteiger charge is 2.21. The Morgan fingerprint density at radius 1 is 1.17 bits per heavy atom. The highest BCUT2D eigenvalue weighted by molar-refractivity contribution is 5.50. The molecule has 0 saturated carbocycles. The van der Waals surface area contributed by atoms with Gasteiger partial charge in [0.2, 0.25) is 0 Å². The fraction of sp³-hybridized carbons (Fsp3) is 0.571. The van der Waals surface area contributed by atoms with Crippen LogP contribution >= 0.6 is 0 Å². The number of halogens is 1. The van der Waals surface area contributed by atoms with Crippen LogP contribution in [0.15, 0.2) is 18.2 Å². The molecule has 0 unspecified atom stereocenters. The van der Waals surface area contributed by atoms with Gasteiger partial charge >= 0.3 is 0 Å². The Morgan fingerprint density at radius 3 is 2.28 bits per heavy atom. The van der Waals surface area contributed by atoms with Crippen LogP contribution in [0.1, 0.15) is 19.4 Å². The van der Waals surface area contributed by atoms with Gasteiger partial charge in [0.05, 0.1) is 11.3 Å². The van der Waals surface area contributed by atoms with Gasteiger partial charge in [0.1, 0.15) is 5.82 Å². The maximum Gasteiger partial charge on any atom is 0.146 e. The van der Waals surface area contributed by atoms with Gasteiger partial charge in [-0.05, 0) is 38.6 Å². The number of likely N-dealkylation sites (N-methyl/N-ethyl adjacent to an activating group) is 1. The van der Waals surface area contributed by atoms with E-state index in [9.17, 15) is 9.50 Å². The minimum Gasteiger partial charge on any atom is -0.386 e. The first-order valence-electron chi connectivity index (χ1n) is 6.34. The van der Waals surface area contributed by atoms with Gasteiger partial charge in [0, 0.05) is 26.2 Å². The summed E-state index contributed by atoms with van der Waals surface area (Å²) in [4.78, 5) is 4.29. The molecule has 1 aromatic rings. The standard InChI is InChI=1S/C14H21FN2O/c1-14(2,18)11-4-5-13(12(15)10-11)17-8-6-16(3)7-9-17/h4-5,10,18H,6-9H2,1-3H3. The van der Waals surface area contributed by atoms with E-state index in [0.717, 1.165) is 26.2 Å². The molecule has 3 nitrogen and oxygen atoms in total. The molecule has 1 saturated heterocycles. The Bertz CT molecular complexity index is 420. The fourth-order valence-corrected chi connectivity index (χ4v) is 2.19. The van der Waals surface area contributed by atoms with Crippen LogP contribution < -0.4 is 4.90 Å². The van der Waals surface area contributed by atoms with Gasteiger partial charge in [-0.1, -0.05) is 6.07 Å². The Balaban J connectivity index is 2.20. The summed E-state index contributed by atoms with van der Waals surface area (Å²) in [6.07, 6.45) is 0. The second kappa shape index (κ2) is 4.86. The van der Waals surface area contributed by atoms with E-state index in [2.05, 4.69) is 16.8 Å². The zero-order valence-electron chi connectivity index (χ0n) is 11.3. The number of nitrogens with zero attached hydrogens (tertiary/aromatic N) is 2. The number of hydrogen-bond acceptors (Lipinski definition) is 3. The molecule has 0 amide bonds. The van der Waals surface area contributed by atoms with Crippen molar-refractivity contribution in [1.82, 2.24) is 4.90 Å². The van der Waals surface area contributed by atoms with E-state index in [0.29, 0.717) is 11.3 Å². The summed E-state index contributed by atoms with van der Waals surface area (Å²) in [7, 11) is 2.07. The number of hydrogen-bond donors (Lipinski definition) is 1. The van der Waals surface area contributed by atoms with Crippen molar-refractivity contribution in [2.75, 3.05) is 38.1 Å². The zero-order chi connectivity index (χ0) is 13.3. The van der Waals surface area contributed by atoms with Crippen molar-refractivity contribution in [3.63, 3.8) is 0 Å². The third-order valence-corrected chi connectivity index (χ3v) is 3.50. The van der Waals surface area contributed by atoms with Crippen LogP contribution in [-0.2, 0) is 5.60 Å². The maximum atomic E-state index is 14.1. The van der Waals surface area contributed by atoms with Crippen molar-refractivity contribution in [1.29, 1.82) is 0 Å². The maximum absolute atomic E-state index is 14.1. The lowest BCUT2D eigenvalue weighted by Crippen LogP contribution is -2.44. The average molecular weight is 252 g/mol. The molecule has 0 radical (unpaired) electrons. The average Bonchev–Trinajstić information content (AvgIpc) is 2.29. The fourth-order valence-electron chi connectivity index (χ4n) is 2.19. The number of rotatable bonds is 2. The van der Waals surface area contributed by atoms with Gasteiger partial charge in [-0.25, -0.2) is 4.39 Å². The summed E-state index contributed by atoms with van der Waals surface area (Å²) in [5.74, 6) is -0.251. The molecule has 1 aromatic carbocycles. The van der Waals surface area contributed by atoms with Gasteiger partial charge in [-0.15, -0.1) is 0 Å². The lowest BCUT2D eigenvalue weighted by atomic mass is 9.98. The molecular formula is C14H21FN2O. The summed E-state index contributed by atoms with van der Waals surface area (Å²) in [6, 6.07) is 5.01. The molecule has 1 N–H and O–H groups in total. The third-order valence-electron chi connectivity index (χ3n) is 3.50. The van der Waals surface area contributed by atoms with E-state index in [4.69, 9.17) is 0 Å². The minimum absolute atomic E-state index is 0.251. The number of aliphatic hydroxyl groups is 1. The van der Waals surface area contributed by atoms with Gasteiger partial charge < -0.3 is 14.9 Å². The van der Waals surface area contributed by atoms with Crippen LogP contribution in [0.25, 0.3) is 0 Å². The van der Waals surface area contributed by atoms with Crippen LogP contribution in [0, 0.1) is 5.82 Å². The Kier molecular flexibility index (Phi) is 3.59. The lowest BCUT2D eigenvalue weighted by molar-refractivity contribution is 0.0782. The van der Waals surface area contributed by atoms with Gasteiger partial charge in [0.15, 0.2) is 0 Å². The molecule has 0 aromatic heterocycles. The molecule has 0 aliphatic carbocycles. The first kappa shape index (κ1) is 13.3. The first-order chi connectivity index (χ1) is 8.38. The minimum atomic E-state index is -0.999. The first-order valence-corrected chi connectivity index (χ1v) is 6.34. The normalized spacial score (nSPS) is 18.2. The van der Waals surface area contributed by atoms with Crippen molar-refractivity contribution in [2.45, 2.75) is 19.4 Å². The van der Waals surface area contributed by atoms with E-state index in [1.54, 1.807) is 26.0 Å².